The van der Waals surface area contributed by atoms with Crippen molar-refractivity contribution in [3.63, 3.8) is 0 Å². The van der Waals surface area contributed by atoms with Gasteiger partial charge in [0.05, 0.1) is 0 Å². The van der Waals surface area contributed by atoms with E-state index in [0.717, 1.165) is 26.5 Å². The first-order chi connectivity index (χ1) is 8.56. The molecule has 0 spiro atoms. The summed E-state index contributed by atoms with van der Waals surface area (Å²) in [5.41, 5.74) is 7.96. The standard InChI is InChI=1S/C13H15BrN2OS/c1-8-7-18-13(16-8)6-17-12-5-10(14)3-4-11(12)9(2)15/h3-5,7,9H,6,15H2,1-2H3/t9-/m0/s1. The van der Waals surface area contributed by atoms with Crippen molar-refractivity contribution in [1.82, 2.24) is 4.98 Å². The van der Waals surface area contributed by atoms with Gasteiger partial charge in [-0.25, -0.2) is 4.98 Å². The lowest BCUT2D eigenvalue weighted by Crippen LogP contribution is -2.08. The number of ether oxygens (including phenoxy) is 1. The lowest BCUT2D eigenvalue weighted by atomic mass is 10.1. The van der Waals surface area contributed by atoms with Crippen LogP contribution in [0.4, 0.5) is 0 Å². The Balaban J connectivity index is 2.15. The molecule has 0 fully saturated rings. The number of aromatic nitrogens is 1. The Bertz CT molecular complexity index is 540. The lowest BCUT2D eigenvalue weighted by molar-refractivity contribution is 0.300. The van der Waals surface area contributed by atoms with Crippen molar-refractivity contribution in [2.45, 2.75) is 26.5 Å². The van der Waals surface area contributed by atoms with Crippen LogP contribution in [0.25, 0.3) is 0 Å². The maximum atomic E-state index is 5.93. The van der Waals surface area contributed by atoms with Crippen LogP contribution < -0.4 is 10.5 Å². The highest BCUT2D eigenvalue weighted by Crippen LogP contribution is 2.28. The second-order valence-corrected chi connectivity index (χ2v) is 6.00. The molecule has 1 aromatic heterocycles. The summed E-state index contributed by atoms with van der Waals surface area (Å²) in [7, 11) is 0. The van der Waals surface area contributed by atoms with E-state index in [4.69, 9.17) is 10.5 Å². The largest absolute Gasteiger partial charge is 0.486 e. The molecule has 0 aliphatic carbocycles. The highest BCUT2D eigenvalue weighted by Gasteiger charge is 2.09. The molecule has 0 radical (unpaired) electrons. The van der Waals surface area contributed by atoms with Gasteiger partial charge in [0.25, 0.3) is 0 Å². The fourth-order valence-electron chi connectivity index (χ4n) is 1.62. The van der Waals surface area contributed by atoms with Crippen LogP contribution in [0.15, 0.2) is 28.1 Å². The van der Waals surface area contributed by atoms with E-state index in [0.29, 0.717) is 6.61 Å². The predicted octanol–water partition coefficient (Wildman–Crippen LogP) is 3.81. The molecule has 2 N–H and O–H groups in total. The molecule has 2 aromatic rings. The summed E-state index contributed by atoms with van der Waals surface area (Å²) < 4.78 is 6.80. The second-order valence-electron chi connectivity index (χ2n) is 4.14. The van der Waals surface area contributed by atoms with Crippen LogP contribution in [0.1, 0.15) is 29.2 Å². The first-order valence-electron chi connectivity index (χ1n) is 5.65. The molecular weight excluding hydrogens is 312 g/mol. The minimum Gasteiger partial charge on any atom is -0.486 e. The molecule has 0 aliphatic heterocycles. The summed E-state index contributed by atoms with van der Waals surface area (Å²) >= 11 is 5.05. The van der Waals surface area contributed by atoms with Gasteiger partial charge in [-0.2, -0.15) is 0 Å². The monoisotopic (exact) mass is 326 g/mol. The first-order valence-corrected chi connectivity index (χ1v) is 7.32. The normalized spacial score (nSPS) is 12.4. The van der Waals surface area contributed by atoms with Gasteiger partial charge in [0.2, 0.25) is 0 Å². The molecule has 1 aromatic carbocycles. The molecule has 0 unspecified atom stereocenters. The summed E-state index contributed by atoms with van der Waals surface area (Å²) in [4.78, 5) is 4.37. The van der Waals surface area contributed by atoms with E-state index in [1.54, 1.807) is 11.3 Å². The highest BCUT2D eigenvalue weighted by atomic mass is 79.9. The van der Waals surface area contributed by atoms with E-state index in [1.165, 1.54) is 0 Å². The third kappa shape index (κ3) is 3.31. The van der Waals surface area contributed by atoms with E-state index in [2.05, 4.69) is 20.9 Å². The van der Waals surface area contributed by atoms with Crippen LogP contribution in [0.2, 0.25) is 0 Å². The van der Waals surface area contributed by atoms with Crippen LogP contribution in [0.3, 0.4) is 0 Å². The Hall–Kier alpha value is -0.910. The zero-order valence-corrected chi connectivity index (χ0v) is 12.7. The van der Waals surface area contributed by atoms with E-state index < -0.39 is 0 Å². The quantitative estimate of drug-likeness (QED) is 0.929. The van der Waals surface area contributed by atoms with Crippen LogP contribution in [-0.2, 0) is 6.61 Å². The molecule has 1 atom stereocenters. The number of benzene rings is 1. The third-order valence-corrected chi connectivity index (χ3v) is 3.92. The fourth-order valence-corrected chi connectivity index (χ4v) is 2.64. The molecule has 0 bridgehead atoms. The van der Waals surface area contributed by atoms with Gasteiger partial charge in [0.15, 0.2) is 0 Å². The molecule has 0 aliphatic rings. The number of nitrogens with zero attached hydrogens (tertiary/aromatic N) is 1. The maximum Gasteiger partial charge on any atom is 0.140 e. The molecule has 2 rings (SSSR count). The van der Waals surface area contributed by atoms with Crippen LogP contribution in [0, 0.1) is 6.92 Å². The highest BCUT2D eigenvalue weighted by molar-refractivity contribution is 9.10. The molecule has 5 heteroatoms. The van der Waals surface area contributed by atoms with Gasteiger partial charge in [-0.1, -0.05) is 22.0 Å². The molecule has 96 valence electrons. The van der Waals surface area contributed by atoms with E-state index >= 15 is 0 Å². The summed E-state index contributed by atoms with van der Waals surface area (Å²) in [6.07, 6.45) is 0. The Labute approximate surface area is 119 Å². The number of hydrogen-bond acceptors (Lipinski definition) is 4. The number of hydrogen-bond donors (Lipinski definition) is 1. The van der Waals surface area contributed by atoms with E-state index in [9.17, 15) is 0 Å². The molecule has 3 nitrogen and oxygen atoms in total. The Morgan fingerprint density at radius 2 is 2.28 bits per heavy atom. The van der Waals surface area contributed by atoms with Crippen LogP contribution >= 0.6 is 27.3 Å². The van der Waals surface area contributed by atoms with E-state index in [1.807, 2.05) is 37.4 Å². The SMILES string of the molecule is Cc1csc(COc2cc(Br)ccc2[C@H](C)N)n1. The van der Waals surface area contributed by atoms with Gasteiger partial charge in [0, 0.05) is 27.2 Å². The Kier molecular flexibility index (Phi) is 4.37. The minimum atomic E-state index is -0.0499. The molecule has 0 saturated heterocycles. The van der Waals surface area contributed by atoms with Gasteiger partial charge in [0.1, 0.15) is 17.4 Å². The van der Waals surface area contributed by atoms with Gasteiger partial charge < -0.3 is 10.5 Å². The summed E-state index contributed by atoms with van der Waals surface area (Å²) in [6, 6.07) is 5.85. The van der Waals surface area contributed by atoms with Gasteiger partial charge >= 0.3 is 0 Å². The predicted molar refractivity (Wildman–Crippen MR) is 77.9 cm³/mol. The number of aryl methyl sites for hydroxylation is 1. The molecule has 18 heavy (non-hydrogen) atoms. The van der Waals surface area contributed by atoms with Gasteiger partial charge in [-0.05, 0) is 26.0 Å². The van der Waals surface area contributed by atoms with Gasteiger partial charge in [-0.3, -0.25) is 0 Å². The summed E-state index contributed by atoms with van der Waals surface area (Å²) in [5.74, 6) is 0.812. The van der Waals surface area contributed by atoms with E-state index in [-0.39, 0.29) is 6.04 Å². The first kappa shape index (κ1) is 13.5. The molecule has 0 amide bonds. The van der Waals surface area contributed by atoms with Crippen molar-refractivity contribution >= 4 is 27.3 Å². The van der Waals surface area contributed by atoms with Crippen molar-refractivity contribution in [2.24, 2.45) is 5.73 Å². The number of thiazole rings is 1. The van der Waals surface area contributed by atoms with Crippen LogP contribution in [-0.4, -0.2) is 4.98 Å². The number of halogens is 1. The summed E-state index contributed by atoms with van der Waals surface area (Å²) in [5, 5.41) is 3.00. The molecular formula is C13H15BrN2OS. The maximum absolute atomic E-state index is 5.93. The topological polar surface area (TPSA) is 48.1 Å². The van der Waals surface area contributed by atoms with Crippen molar-refractivity contribution < 1.29 is 4.74 Å². The van der Waals surface area contributed by atoms with Crippen molar-refractivity contribution in [3.8, 4) is 5.75 Å². The third-order valence-electron chi connectivity index (χ3n) is 2.48. The second kappa shape index (κ2) is 5.82. The van der Waals surface area contributed by atoms with Gasteiger partial charge in [-0.15, -0.1) is 11.3 Å². The lowest BCUT2D eigenvalue weighted by Gasteiger charge is -2.13. The Morgan fingerprint density at radius 3 is 2.89 bits per heavy atom. The number of nitrogens with two attached hydrogens (primary N) is 1. The van der Waals surface area contributed by atoms with Crippen molar-refractivity contribution in [1.29, 1.82) is 0 Å². The average molecular weight is 327 g/mol. The molecule has 0 saturated carbocycles. The zero-order chi connectivity index (χ0) is 13.1. The molecule has 1 heterocycles. The minimum absolute atomic E-state index is 0.0499. The fraction of sp³-hybridized carbons (Fsp3) is 0.308. The Morgan fingerprint density at radius 1 is 1.50 bits per heavy atom. The van der Waals surface area contributed by atoms with Crippen molar-refractivity contribution in [3.05, 3.63) is 44.3 Å². The average Bonchev–Trinajstić information content (AvgIpc) is 2.72. The van der Waals surface area contributed by atoms with Crippen molar-refractivity contribution in [2.75, 3.05) is 0 Å². The zero-order valence-electron chi connectivity index (χ0n) is 10.3. The smallest absolute Gasteiger partial charge is 0.140 e. The van der Waals surface area contributed by atoms with Crippen LogP contribution in [0.5, 0.6) is 5.75 Å². The number of rotatable bonds is 4. The summed E-state index contributed by atoms with van der Waals surface area (Å²) in [6.45, 7) is 4.41.